The van der Waals surface area contributed by atoms with Crippen molar-refractivity contribution in [1.82, 2.24) is 9.78 Å². The van der Waals surface area contributed by atoms with Crippen molar-refractivity contribution in [3.63, 3.8) is 0 Å². The Hall–Kier alpha value is -1.09. The number of rotatable bonds is 2. The van der Waals surface area contributed by atoms with Crippen molar-refractivity contribution in [2.45, 2.75) is 32.6 Å². The zero-order chi connectivity index (χ0) is 12.0. The summed E-state index contributed by atoms with van der Waals surface area (Å²) < 4.78 is 3.04. The number of aryl methyl sites for hydroxylation is 2. The first-order chi connectivity index (χ1) is 8.15. The fraction of sp³-hybridized carbons (Fsp3) is 0.357. The minimum atomic E-state index is 0.738. The van der Waals surface area contributed by atoms with Crippen LogP contribution >= 0.6 is 15.9 Å². The fourth-order valence-corrected chi connectivity index (χ4v) is 2.82. The maximum atomic E-state index is 4.56. The molecule has 3 heteroatoms. The second-order valence-corrected chi connectivity index (χ2v) is 5.67. The molecule has 88 valence electrons. The third kappa shape index (κ3) is 2.04. The predicted octanol–water partition coefficient (Wildman–Crippen LogP) is 4.13. The zero-order valence-corrected chi connectivity index (χ0v) is 11.7. The van der Waals surface area contributed by atoms with E-state index in [0.717, 1.165) is 16.2 Å². The van der Waals surface area contributed by atoms with Gasteiger partial charge in [0, 0.05) is 0 Å². The van der Waals surface area contributed by atoms with Crippen LogP contribution in [0.4, 0.5) is 0 Å². The SMILES string of the molecule is Cc1ccc(C2CC2)c(-n2nc(C)cc2Br)c1. The Balaban J connectivity index is 2.18. The lowest BCUT2D eigenvalue weighted by Crippen LogP contribution is -2.02. The first-order valence-electron chi connectivity index (χ1n) is 5.98. The zero-order valence-electron chi connectivity index (χ0n) is 10.1. The highest BCUT2D eigenvalue weighted by molar-refractivity contribution is 9.10. The van der Waals surface area contributed by atoms with Crippen LogP contribution in [0.25, 0.3) is 5.69 Å². The molecule has 0 unspecified atom stereocenters. The standard InChI is InChI=1S/C14H15BrN2/c1-9-3-6-12(11-4-5-11)13(7-9)17-14(15)8-10(2)16-17/h3,6-8,11H,4-5H2,1-2H3. The van der Waals surface area contributed by atoms with E-state index in [1.165, 1.54) is 29.7 Å². The molecule has 3 rings (SSSR count). The van der Waals surface area contributed by atoms with E-state index in [0.29, 0.717) is 0 Å². The summed E-state index contributed by atoms with van der Waals surface area (Å²) >= 11 is 3.58. The van der Waals surface area contributed by atoms with Gasteiger partial charge in [-0.15, -0.1) is 0 Å². The molecule has 0 atom stereocenters. The summed E-state index contributed by atoms with van der Waals surface area (Å²) in [5.41, 5.74) is 4.98. The highest BCUT2D eigenvalue weighted by atomic mass is 79.9. The van der Waals surface area contributed by atoms with E-state index in [-0.39, 0.29) is 0 Å². The quantitative estimate of drug-likeness (QED) is 0.813. The van der Waals surface area contributed by atoms with Gasteiger partial charge in [-0.1, -0.05) is 12.1 Å². The third-order valence-corrected chi connectivity index (χ3v) is 3.78. The Bertz CT molecular complexity index is 568. The van der Waals surface area contributed by atoms with Crippen molar-refractivity contribution in [3.05, 3.63) is 45.7 Å². The smallest absolute Gasteiger partial charge is 0.110 e. The Labute approximate surface area is 110 Å². The van der Waals surface area contributed by atoms with Gasteiger partial charge in [-0.2, -0.15) is 5.10 Å². The van der Waals surface area contributed by atoms with Crippen LogP contribution in [0.1, 0.15) is 35.6 Å². The molecule has 1 aromatic carbocycles. The van der Waals surface area contributed by atoms with E-state index in [4.69, 9.17) is 0 Å². The minimum Gasteiger partial charge on any atom is -0.226 e. The monoisotopic (exact) mass is 290 g/mol. The molecule has 1 saturated carbocycles. The summed E-state index contributed by atoms with van der Waals surface area (Å²) in [6.45, 7) is 4.15. The highest BCUT2D eigenvalue weighted by Gasteiger charge is 2.27. The molecule has 2 nitrogen and oxygen atoms in total. The van der Waals surface area contributed by atoms with Crippen molar-refractivity contribution >= 4 is 15.9 Å². The van der Waals surface area contributed by atoms with Crippen LogP contribution < -0.4 is 0 Å². The topological polar surface area (TPSA) is 17.8 Å². The molecule has 2 aromatic rings. The maximum absolute atomic E-state index is 4.56. The molecule has 1 aliphatic rings. The van der Waals surface area contributed by atoms with Crippen LogP contribution in [0, 0.1) is 13.8 Å². The molecular weight excluding hydrogens is 276 g/mol. The number of aromatic nitrogens is 2. The normalized spacial score (nSPS) is 15.2. The average Bonchev–Trinajstić information content (AvgIpc) is 3.04. The molecule has 1 aliphatic carbocycles. The van der Waals surface area contributed by atoms with E-state index in [1.54, 1.807) is 0 Å². The van der Waals surface area contributed by atoms with E-state index in [9.17, 15) is 0 Å². The summed E-state index contributed by atoms with van der Waals surface area (Å²) in [6.07, 6.45) is 2.63. The fourth-order valence-electron chi connectivity index (χ4n) is 2.21. The summed E-state index contributed by atoms with van der Waals surface area (Å²) in [7, 11) is 0. The third-order valence-electron chi connectivity index (χ3n) is 3.22. The van der Waals surface area contributed by atoms with Crippen molar-refractivity contribution < 1.29 is 0 Å². The molecule has 1 fully saturated rings. The van der Waals surface area contributed by atoms with Gasteiger partial charge < -0.3 is 0 Å². The van der Waals surface area contributed by atoms with Gasteiger partial charge in [0.2, 0.25) is 0 Å². The van der Waals surface area contributed by atoms with E-state index in [2.05, 4.69) is 52.2 Å². The number of hydrogen-bond acceptors (Lipinski definition) is 1. The molecule has 17 heavy (non-hydrogen) atoms. The van der Waals surface area contributed by atoms with Crippen LogP contribution in [0.3, 0.4) is 0 Å². The number of nitrogens with zero attached hydrogens (tertiary/aromatic N) is 2. The van der Waals surface area contributed by atoms with Crippen molar-refractivity contribution in [3.8, 4) is 5.69 Å². The average molecular weight is 291 g/mol. The van der Waals surface area contributed by atoms with Crippen molar-refractivity contribution in [2.24, 2.45) is 0 Å². The number of hydrogen-bond donors (Lipinski definition) is 0. The molecule has 0 saturated heterocycles. The van der Waals surface area contributed by atoms with Crippen molar-refractivity contribution in [2.75, 3.05) is 0 Å². The summed E-state index contributed by atoms with van der Waals surface area (Å²) in [5, 5.41) is 4.56. The van der Waals surface area contributed by atoms with Gasteiger partial charge in [-0.05, 0) is 71.8 Å². The highest BCUT2D eigenvalue weighted by Crippen LogP contribution is 2.43. The molecule has 0 spiro atoms. The summed E-state index contributed by atoms with van der Waals surface area (Å²) in [5.74, 6) is 0.738. The number of benzene rings is 1. The summed E-state index contributed by atoms with van der Waals surface area (Å²) in [4.78, 5) is 0. The van der Waals surface area contributed by atoms with Gasteiger partial charge >= 0.3 is 0 Å². The van der Waals surface area contributed by atoms with E-state index < -0.39 is 0 Å². The molecule has 1 aromatic heterocycles. The summed E-state index contributed by atoms with van der Waals surface area (Å²) in [6, 6.07) is 8.73. The number of halogens is 1. The lowest BCUT2D eigenvalue weighted by atomic mass is 10.1. The molecule has 0 radical (unpaired) electrons. The van der Waals surface area contributed by atoms with Crippen LogP contribution in [-0.2, 0) is 0 Å². The predicted molar refractivity (Wildman–Crippen MR) is 72.7 cm³/mol. The van der Waals surface area contributed by atoms with Crippen LogP contribution in [0.2, 0.25) is 0 Å². The Morgan fingerprint density at radius 1 is 1.24 bits per heavy atom. The van der Waals surface area contributed by atoms with Crippen molar-refractivity contribution in [1.29, 1.82) is 0 Å². The molecule has 0 aliphatic heterocycles. The first-order valence-corrected chi connectivity index (χ1v) is 6.77. The van der Waals surface area contributed by atoms with Gasteiger partial charge in [0.05, 0.1) is 11.4 Å². The second-order valence-electron chi connectivity index (χ2n) is 4.86. The van der Waals surface area contributed by atoms with Gasteiger partial charge in [0.15, 0.2) is 0 Å². The Kier molecular flexibility index (Phi) is 2.58. The Morgan fingerprint density at radius 3 is 2.59 bits per heavy atom. The minimum absolute atomic E-state index is 0.738. The molecule has 0 bridgehead atoms. The van der Waals surface area contributed by atoms with Crippen LogP contribution in [-0.4, -0.2) is 9.78 Å². The van der Waals surface area contributed by atoms with E-state index in [1.807, 2.05) is 11.6 Å². The largest absolute Gasteiger partial charge is 0.226 e. The van der Waals surface area contributed by atoms with Gasteiger partial charge in [0.25, 0.3) is 0 Å². The molecule has 1 heterocycles. The molecular formula is C14H15BrN2. The molecule has 0 amide bonds. The van der Waals surface area contributed by atoms with Gasteiger partial charge in [0.1, 0.15) is 4.60 Å². The van der Waals surface area contributed by atoms with Gasteiger partial charge in [-0.3, -0.25) is 0 Å². The first kappa shape index (κ1) is 11.0. The van der Waals surface area contributed by atoms with Crippen LogP contribution in [0.5, 0.6) is 0 Å². The van der Waals surface area contributed by atoms with Gasteiger partial charge in [-0.25, -0.2) is 4.68 Å². The maximum Gasteiger partial charge on any atom is 0.110 e. The Morgan fingerprint density at radius 2 is 2.00 bits per heavy atom. The van der Waals surface area contributed by atoms with Crippen LogP contribution in [0.15, 0.2) is 28.9 Å². The van der Waals surface area contributed by atoms with E-state index >= 15 is 0 Å². The lowest BCUT2D eigenvalue weighted by molar-refractivity contribution is 0.828. The second kappa shape index (κ2) is 3.98. The molecule has 0 N–H and O–H groups in total. The lowest BCUT2D eigenvalue weighted by Gasteiger charge is -2.11.